The Morgan fingerprint density at radius 3 is 2.89 bits per heavy atom. The van der Waals surface area contributed by atoms with Crippen molar-refractivity contribution in [2.45, 2.75) is 38.8 Å². The van der Waals surface area contributed by atoms with Crippen LogP contribution in [-0.2, 0) is 16.1 Å². The van der Waals surface area contributed by atoms with Crippen molar-refractivity contribution in [1.29, 1.82) is 0 Å². The first kappa shape index (κ1) is 13.1. The molecule has 98 valence electrons. The van der Waals surface area contributed by atoms with Crippen molar-refractivity contribution in [3.8, 4) is 0 Å². The number of carbonyl (C=O) groups excluding carboxylic acids is 1. The van der Waals surface area contributed by atoms with Crippen LogP contribution < -0.4 is 0 Å². The van der Waals surface area contributed by atoms with E-state index in [0.717, 1.165) is 37.9 Å². The Kier molecular flexibility index (Phi) is 4.76. The van der Waals surface area contributed by atoms with Gasteiger partial charge in [-0.25, -0.2) is 0 Å². The monoisotopic (exact) mass is 247 g/mol. The number of ether oxygens (including phenoxy) is 1. The quantitative estimate of drug-likeness (QED) is 0.749. The number of hydrogen-bond donors (Lipinski definition) is 0. The fourth-order valence-electron chi connectivity index (χ4n) is 2.47. The molecule has 0 radical (unpaired) electrons. The molecule has 0 spiro atoms. The summed E-state index contributed by atoms with van der Waals surface area (Å²) in [6, 6.07) is 9.82. The highest BCUT2D eigenvalue weighted by atomic mass is 16.5. The van der Waals surface area contributed by atoms with Gasteiger partial charge in [-0.2, -0.15) is 0 Å². The molecule has 3 nitrogen and oxygen atoms in total. The Morgan fingerprint density at radius 1 is 1.39 bits per heavy atom. The van der Waals surface area contributed by atoms with E-state index in [2.05, 4.69) is 11.8 Å². The Hall–Kier alpha value is -1.35. The van der Waals surface area contributed by atoms with Gasteiger partial charge in [0.15, 0.2) is 0 Å². The fraction of sp³-hybridized carbons (Fsp3) is 0.533. The molecule has 3 heteroatoms. The van der Waals surface area contributed by atoms with Crippen molar-refractivity contribution < 1.29 is 9.53 Å². The molecule has 1 atom stereocenters. The first-order chi connectivity index (χ1) is 8.81. The molecule has 0 aromatic heterocycles. The molecule has 1 aliphatic heterocycles. The van der Waals surface area contributed by atoms with Crippen LogP contribution in [0.25, 0.3) is 0 Å². The number of nitrogens with zero attached hydrogens (tertiary/aromatic N) is 1. The fourth-order valence-corrected chi connectivity index (χ4v) is 2.47. The second-order valence-corrected chi connectivity index (χ2v) is 4.79. The van der Waals surface area contributed by atoms with Crippen molar-refractivity contribution >= 4 is 5.97 Å². The highest BCUT2D eigenvalue weighted by Gasteiger charge is 2.31. The van der Waals surface area contributed by atoms with Crippen LogP contribution in [0.4, 0.5) is 0 Å². The van der Waals surface area contributed by atoms with E-state index in [1.165, 1.54) is 0 Å². The molecule has 1 aliphatic rings. The van der Waals surface area contributed by atoms with Crippen LogP contribution in [0.5, 0.6) is 0 Å². The SMILES string of the molecule is CCCN1CCC[C@H]1C(=O)OCc1ccccc1. The van der Waals surface area contributed by atoms with Crippen LogP contribution in [0, 0.1) is 0 Å². The topological polar surface area (TPSA) is 29.5 Å². The third-order valence-corrected chi connectivity index (χ3v) is 3.37. The van der Waals surface area contributed by atoms with E-state index in [4.69, 9.17) is 4.74 Å². The van der Waals surface area contributed by atoms with E-state index in [1.54, 1.807) is 0 Å². The van der Waals surface area contributed by atoms with E-state index < -0.39 is 0 Å². The molecule has 1 aromatic carbocycles. The van der Waals surface area contributed by atoms with Crippen molar-refractivity contribution in [3.63, 3.8) is 0 Å². The van der Waals surface area contributed by atoms with E-state index in [0.29, 0.717) is 6.61 Å². The van der Waals surface area contributed by atoms with Crippen LogP contribution in [0.3, 0.4) is 0 Å². The maximum atomic E-state index is 12.0. The van der Waals surface area contributed by atoms with Gasteiger partial charge in [-0.3, -0.25) is 9.69 Å². The summed E-state index contributed by atoms with van der Waals surface area (Å²) in [4.78, 5) is 14.3. The number of esters is 1. The van der Waals surface area contributed by atoms with Gasteiger partial charge in [-0.05, 0) is 37.9 Å². The smallest absolute Gasteiger partial charge is 0.323 e. The molecule has 0 aliphatic carbocycles. The molecule has 1 heterocycles. The number of benzene rings is 1. The first-order valence-electron chi connectivity index (χ1n) is 6.76. The van der Waals surface area contributed by atoms with E-state index in [-0.39, 0.29) is 12.0 Å². The standard InChI is InChI=1S/C15H21NO2/c1-2-10-16-11-6-9-14(16)15(17)18-12-13-7-4-3-5-8-13/h3-5,7-8,14H,2,6,9-12H2,1H3/t14-/m0/s1. The minimum atomic E-state index is -0.0650. The van der Waals surface area contributed by atoms with E-state index in [1.807, 2.05) is 30.3 Å². The van der Waals surface area contributed by atoms with E-state index >= 15 is 0 Å². The zero-order valence-corrected chi connectivity index (χ0v) is 11.0. The summed E-state index contributed by atoms with van der Waals surface area (Å²) in [6.07, 6.45) is 3.13. The van der Waals surface area contributed by atoms with Gasteiger partial charge in [0.25, 0.3) is 0 Å². The van der Waals surface area contributed by atoms with Gasteiger partial charge in [0.2, 0.25) is 0 Å². The molecule has 1 fully saturated rings. The maximum absolute atomic E-state index is 12.0. The van der Waals surface area contributed by atoms with Gasteiger partial charge in [0, 0.05) is 0 Å². The highest BCUT2D eigenvalue weighted by Crippen LogP contribution is 2.19. The summed E-state index contributed by atoms with van der Waals surface area (Å²) in [5.41, 5.74) is 1.05. The summed E-state index contributed by atoms with van der Waals surface area (Å²) in [7, 11) is 0. The first-order valence-corrected chi connectivity index (χ1v) is 6.76. The number of hydrogen-bond acceptors (Lipinski definition) is 3. The van der Waals surface area contributed by atoms with Crippen molar-refractivity contribution in [2.24, 2.45) is 0 Å². The maximum Gasteiger partial charge on any atom is 0.323 e. The Labute approximate surface area is 109 Å². The molecule has 1 aromatic rings. The lowest BCUT2D eigenvalue weighted by molar-refractivity contribution is -0.150. The molecular formula is C15H21NO2. The minimum absolute atomic E-state index is 0.0198. The summed E-state index contributed by atoms with van der Waals surface area (Å²) in [5.74, 6) is -0.0650. The van der Waals surface area contributed by atoms with Crippen LogP contribution in [0.2, 0.25) is 0 Å². The zero-order valence-electron chi connectivity index (χ0n) is 11.0. The van der Waals surface area contributed by atoms with Crippen LogP contribution in [0.1, 0.15) is 31.7 Å². The normalized spacial score (nSPS) is 19.9. The zero-order chi connectivity index (χ0) is 12.8. The molecule has 0 amide bonds. The van der Waals surface area contributed by atoms with Gasteiger partial charge in [-0.15, -0.1) is 0 Å². The largest absolute Gasteiger partial charge is 0.460 e. The summed E-state index contributed by atoms with van der Waals surface area (Å²) < 4.78 is 5.41. The van der Waals surface area contributed by atoms with Gasteiger partial charge in [0.1, 0.15) is 12.6 Å². The summed E-state index contributed by atoms with van der Waals surface area (Å²) >= 11 is 0. The van der Waals surface area contributed by atoms with Gasteiger partial charge >= 0.3 is 5.97 Å². The van der Waals surface area contributed by atoms with Crippen molar-refractivity contribution in [1.82, 2.24) is 4.90 Å². The van der Waals surface area contributed by atoms with Crippen LogP contribution in [0.15, 0.2) is 30.3 Å². The Bertz CT molecular complexity index is 377. The van der Waals surface area contributed by atoms with Gasteiger partial charge < -0.3 is 4.74 Å². The van der Waals surface area contributed by atoms with Gasteiger partial charge in [0.05, 0.1) is 0 Å². The number of carbonyl (C=O) groups is 1. The second kappa shape index (κ2) is 6.55. The molecule has 1 saturated heterocycles. The predicted molar refractivity (Wildman–Crippen MR) is 71.1 cm³/mol. The predicted octanol–water partition coefficient (Wildman–Crippen LogP) is 2.60. The molecule has 0 bridgehead atoms. The average molecular weight is 247 g/mol. The third kappa shape index (κ3) is 3.33. The third-order valence-electron chi connectivity index (χ3n) is 3.37. The van der Waals surface area contributed by atoms with Crippen molar-refractivity contribution in [2.75, 3.05) is 13.1 Å². The second-order valence-electron chi connectivity index (χ2n) is 4.79. The molecule has 18 heavy (non-hydrogen) atoms. The van der Waals surface area contributed by atoms with Crippen molar-refractivity contribution in [3.05, 3.63) is 35.9 Å². The summed E-state index contributed by atoms with van der Waals surface area (Å²) in [5, 5.41) is 0. The Morgan fingerprint density at radius 2 is 2.17 bits per heavy atom. The molecule has 0 saturated carbocycles. The van der Waals surface area contributed by atoms with E-state index in [9.17, 15) is 4.79 Å². The lowest BCUT2D eigenvalue weighted by Crippen LogP contribution is -2.37. The average Bonchev–Trinajstić information content (AvgIpc) is 2.86. The minimum Gasteiger partial charge on any atom is -0.460 e. The van der Waals surface area contributed by atoms with Gasteiger partial charge in [-0.1, -0.05) is 37.3 Å². The number of likely N-dealkylation sites (tertiary alicyclic amines) is 1. The lowest BCUT2D eigenvalue weighted by atomic mass is 10.2. The number of rotatable bonds is 5. The lowest BCUT2D eigenvalue weighted by Gasteiger charge is -2.22. The van der Waals surface area contributed by atoms with Crippen LogP contribution >= 0.6 is 0 Å². The highest BCUT2D eigenvalue weighted by molar-refractivity contribution is 5.76. The van der Waals surface area contributed by atoms with Crippen LogP contribution in [-0.4, -0.2) is 30.0 Å². The molecule has 0 N–H and O–H groups in total. The molecule has 0 unspecified atom stereocenters. The Balaban J connectivity index is 1.84. The summed E-state index contributed by atoms with van der Waals surface area (Å²) in [6.45, 7) is 4.55. The molecule has 2 rings (SSSR count). The molecular weight excluding hydrogens is 226 g/mol.